The minimum atomic E-state index is -0.0843. The number of hydrogen-bond donors (Lipinski definition) is 1. The number of nitrogens with one attached hydrogen (secondary N) is 1. The van der Waals surface area contributed by atoms with E-state index in [4.69, 9.17) is 4.42 Å². The number of aromatic nitrogens is 3. The quantitative estimate of drug-likeness (QED) is 0.431. The van der Waals surface area contributed by atoms with Crippen molar-refractivity contribution in [1.82, 2.24) is 14.8 Å². The fraction of sp³-hybridized carbons (Fsp3) is 0.174. The fourth-order valence-corrected chi connectivity index (χ4v) is 3.86. The van der Waals surface area contributed by atoms with Crippen molar-refractivity contribution >= 4 is 23.4 Å². The highest BCUT2D eigenvalue weighted by atomic mass is 32.2. The molecule has 4 rings (SSSR count). The van der Waals surface area contributed by atoms with Crippen LogP contribution in [0.1, 0.15) is 16.9 Å². The fourth-order valence-electron chi connectivity index (χ4n) is 3.12. The van der Waals surface area contributed by atoms with Crippen LogP contribution in [0, 0.1) is 13.8 Å². The number of carbonyl (C=O) groups is 1. The maximum absolute atomic E-state index is 12.5. The van der Waals surface area contributed by atoms with Crippen molar-refractivity contribution in [3.8, 4) is 11.4 Å². The molecule has 30 heavy (non-hydrogen) atoms. The van der Waals surface area contributed by atoms with Gasteiger partial charge >= 0.3 is 0 Å². The second-order valence-electron chi connectivity index (χ2n) is 6.99. The second-order valence-corrected chi connectivity index (χ2v) is 7.94. The molecule has 0 unspecified atom stereocenters. The van der Waals surface area contributed by atoms with Gasteiger partial charge < -0.3 is 9.73 Å². The van der Waals surface area contributed by atoms with Gasteiger partial charge in [-0.1, -0.05) is 53.7 Å². The summed E-state index contributed by atoms with van der Waals surface area (Å²) in [6.07, 6.45) is 1.65. The van der Waals surface area contributed by atoms with Gasteiger partial charge in [-0.2, -0.15) is 0 Å². The maximum atomic E-state index is 12.5. The van der Waals surface area contributed by atoms with Gasteiger partial charge in [0.15, 0.2) is 11.0 Å². The number of para-hydroxylation sites is 1. The van der Waals surface area contributed by atoms with Crippen molar-refractivity contribution in [1.29, 1.82) is 0 Å². The molecule has 0 saturated heterocycles. The molecule has 0 aliphatic rings. The molecule has 1 N–H and O–H groups in total. The average Bonchev–Trinajstić information content (AvgIpc) is 3.39. The van der Waals surface area contributed by atoms with Crippen LogP contribution in [0.25, 0.3) is 11.4 Å². The molecule has 152 valence electrons. The van der Waals surface area contributed by atoms with Crippen LogP contribution in [0.15, 0.2) is 76.5 Å². The number of aryl methyl sites for hydroxylation is 2. The monoisotopic (exact) mass is 418 g/mol. The number of amides is 1. The number of thioether (sulfide) groups is 1. The van der Waals surface area contributed by atoms with E-state index in [0.717, 1.165) is 34.0 Å². The highest BCUT2D eigenvalue weighted by molar-refractivity contribution is 7.99. The summed E-state index contributed by atoms with van der Waals surface area (Å²) in [6, 6.07) is 19.6. The zero-order valence-corrected chi connectivity index (χ0v) is 17.6. The average molecular weight is 419 g/mol. The van der Waals surface area contributed by atoms with Gasteiger partial charge in [0, 0.05) is 11.3 Å². The van der Waals surface area contributed by atoms with E-state index in [1.807, 2.05) is 73.0 Å². The third kappa shape index (κ3) is 4.63. The van der Waals surface area contributed by atoms with E-state index in [9.17, 15) is 4.79 Å². The summed E-state index contributed by atoms with van der Waals surface area (Å²) in [7, 11) is 0. The first-order valence-corrected chi connectivity index (χ1v) is 10.6. The minimum absolute atomic E-state index is 0.0843. The predicted octanol–water partition coefficient (Wildman–Crippen LogP) is 4.93. The van der Waals surface area contributed by atoms with Crippen LogP contribution in [0.3, 0.4) is 0 Å². The van der Waals surface area contributed by atoms with Crippen LogP contribution >= 0.6 is 11.8 Å². The molecule has 0 spiro atoms. The molecule has 2 aromatic carbocycles. The Morgan fingerprint density at radius 1 is 1.07 bits per heavy atom. The number of carbonyl (C=O) groups excluding carboxylic acids is 1. The minimum Gasteiger partial charge on any atom is -0.467 e. The lowest BCUT2D eigenvalue weighted by Gasteiger charge is -2.10. The van der Waals surface area contributed by atoms with E-state index in [1.54, 1.807) is 6.26 Å². The summed E-state index contributed by atoms with van der Waals surface area (Å²) in [5.74, 6) is 1.70. The molecule has 0 aliphatic heterocycles. The Hall–Kier alpha value is -3.32. The molecule has 0 fully saturated rings. The van der Waals surface area contributed by atoms with Crippen LogP contribution in [-0.2, 0) is 11.3 Å². The lowest BCUT2D eigenvalue weighted by molar-refractivity contribution is -0.113. The van der Waals surface area contributed by atoms with Crippen molar-refractivity contribution in [2.75, 3.05) is 11.1 Å². The number of furan rings is 1. The number of rotatable bonds is 7. The number of nitrogens with zero attached hydrogens (tertiary/aromatic N) is 3. The zero-order valence-electron chi connectivity index (χ0n) is 16.8. The van der Waals surface area contributed by atoms with Gasteiger partial charge in [-0.15, -0.1) is 10.2 Å². The van der Waals surface area contributed by atoms with E-state index in [2.05, 4.69) is 21.6 Å². The SMILES string of the molecule is Cc1cccc(-c2nnc(SCC(=O)Nc3ccccc3C)n2Cc2ccco2)c1. The largest absolute Gasteiger partial charge is 0.467 e. The van der Waals surface area contributed by atoms with E-state index in [-0.39, 0.29) is 11.7 Å². The van der Waals surface area contributed by atoms with Crippen molar-refractivity contribution < 1.29 is 9.21 Å². The molecular weight excluding hydrogens is 396 g/mol. The van der Waals surface area contributed by atoms with Gasteiger partial charge in [0.1, 0.15) is 5.76 Å². The summed E-state index contributed by atoms with van der Waals surface area (Å²) in [5.41, 5.74) is 3.97. The Morgan fingerprint density at radius 2 is 1.93 bits per heavy atom. The molecule has 2 heterocycles. The van der Waals surface area contributed by atoms with Crippen LogP contribution < -0.4 is 5.32 Å². The molecule has 0 bridgehead atoms. The Balaban J connectivity index is 1.55. The number of anilines is 1. The standard InChI is InChI=1S/C23H22N4O2S/c1-16-7-5-9-18(13-16)22-25-26-23(27(22)14-19-10-6-12-29-19)30-15-21(28)24-20-11-4-3-8-17(20)2/h3-13H,14-15H2,1-2H3,(H,24,28). The van der Waals surface area contributed by atoms with Crippen LogP contribution in [0.2, 0.25) is 0 Å². The van der Waals surface area contributed by atoms with Gasteiger partial charge in [0.25, 0.3) is 0 Å². The highest BCUT2D eigenvalue weighted by Crippen LogP contribution is 2.26. The van der Waals surface area contributed by atoms with Crippen LogP contribution in [0.4, 0.5) is 5.69 Å². The van der Waals surface area contributed by atoms with Gasteiger partial charge in [0.05, 0.1) is 18.6 Å². The first kappa shape index (κ1) is 20.0. The van der Waals surface area contributed by atoms with E-state index < -0.39 is 0 Å². The Bertz CT molecular complexity index is 1150. The summed E-state index contributed by atoms with van der Waals surface area (Å²) in [4.78, 5) is 12.5. The molecule has 0 atom stereocenters. The van der Waals surface area contributed by atoms with E-state index >= 15 is 0 Å². The van der Waals surface area contributed by atoms with Gasteiger partial charge in [-0.3, -0.25) is 9.36 Å². The normalized spacial score (nSPS) is 10.9. The van der Waals surface area contributed by atoms with Crippen molar-refractivity contribution in [2.45, 2.75) is 25.5 Å². The van der Waals surface area contributed by atoms with E-state index in [0.29, 0.717) is 11.7 Å². The Morgan fingerprint density at radius 3 is 2.70 bits per heavy atom. The predicted molar refractivity (Wildman–Crippen MR) is 119 cm³/mol. The van der Waals surface area contributed by atoms with Crippen LogP contribution in [-0.4, -0.2) is 26.4 Å². The van der Waals surface area contributed by atoms with Crippen LogP contribution in [0.5, 0.6) is 0 Å². The van der Waals surface area contributed by atoms with Gasteiger partial charge in [-0.05, 0) is 43.7 Å². The topological polar surface area (TPSA) is 73.0 Å². The summed E-state index contributed by atoms with van der Waals surface area (Å²) >= 11 is 1.36. The number of hydrogen-bond acceptors (Lipinski definition) is 5. The van der Waals surface area contributed by atoms with Gasteiger partial charge in [0.2, 0.25) is 5.91 Å². The second kappa shape index (κ2) is 9.00. The molecule has 6 nitrogen and oxygen atoms in total. The van der Waals surface area contributed by atoms with Gasteiger partial charge in [-0.25, -0.2) is 0 Å². The molecule has 7 heteroatoms. The third-order valence-electron chi connectivity index (χ3n) is 4.64. The molecular formula is C23H22N4O2S. The lowest BCUT2D eigenvalue weighted by atomic mass is 10.1. The maximum Gasteiger partial charge on any atom is 0.234 e. The molecule has 4 aromatic rings. The summed E-state index contributed by atoms with van der Waals surface area (Å²) in [5, 5.41) is 12.4. The third-order valence-corrected chi connectivity index (χ3v) is 5.61. The molecule has 0 aliphatic carbocycles. The highest BCUT2D eigenvalue weighted by Gasteiger charge is 2.17. The summed E-state index contributed by atoms with van der Waals surface area (Å²) < 4.78 is 7.51. The summed E-state index contributed by atoms with van der Waals surface area (Å²) in [6.45, 7) is 4.50. The van der Waals surface area contributed by atoms with Crippen molar-refractivity contribution in [3.63, 3.8) is 0 Å². The first-order valence-electron chi connectivity index (χ1n) is 9.61. The molecule has 2 aromatic heterocycles. The lowest BCUT2D eigenvalue weighted by Crippen LogP contribution is -2.15. The Labute approximate surface area is 179 Å². The van der Waals surface area contributed by atoms with Crippen molar-refractivity contribution in [3.05, 3.63) is 83.8 Å². The molecule has 1 amide bonds. The van der Waals surface area contributed by atoms with E-state index in [1.165, 1.54) is 11.8 Å². The smallest absolute Gasteiger partial charge is 0.234 e. The molecule has 0 saturated carbocycles. The first-order chi connectivity index (χ1) is 14.6. The Kier molecular flexibility index (Phi) is 5.99. The van der Waals surface area contributed by atoms with Crippen molar-refractivity contribution in [2.24, 2.45) is 0 Å². The number of benzene rings is 2. The molecule has 0 radical (unpaired) electrons. The zero-order chi connectivity index (χ0) is 20.9.